The molecule has 0 radical (unpaired) electrons. The predicted molar refractivity (Wildman–Crippen MR) is 276 cm³/mol. The lowest BCUT2D eigenvalue weighted by Crippen LogP contribution is -2.61. The first-order chi connectivity index (χ1) is 33.6. The van der Waals surface area contributed by atoms with E-state index in [0.29, 0.717) is 19.3 Å². The number of aliphatic carboxylic acids is 1. The number of esters is 3. The molecule has 1 fully saturated rings. The summed E-state index contributed by atoms with van der Waals surface area (Å²) in [5.41, 5.74) is 0. The molecule has 0 aromatic rings. The summed E-state index contributed by atoms with van der Waals surface area (Å²) in [6.07, 6.45) is 37.8. The molecule has 404 valence electrons. The van der Waals surface area contributed by atoms with Crippen molar-refractivity contribution in [1.82, 2.24) is 0 Å². The molecular weight excluding hydrogens is 877 g/mol. The van der Waals surface area contributed by atoms with E-state index in [2.05, 4.69) is 32.9 Å². The van der Waals surface area contributed by atoms with E-state index < -0.39 is 67.3 Å². The number of carboxylic acid groups (broad SMARTS) is 1. The molecule has 0 aromatic heterocycles. The molecule has 69 heavy (non-hydrogen) atoms. The maximum Gasteiger partial charge on any atom is 0.335 e. The lowest BCUT2D eigenvalue weighted by Gasteiger charge is -2.40. The highest BCUT2D eigenvalue weighted by Crippen LogP contribution is 2.26. The van der Waals surface area contributed by atoms with Crippen molar-refractivity contribution in [2.24, 2.45) is 0 Å². The van der Waals surface area contributed by atoms with Crippen molar-refractivity contribution < 1.29 is 58.2 Å². The van der Waals surface area contributed by atoms with E-state index in [-0.39, 0.29) is 25.9 Å². The molecule has 1 aliphatic rings. The summed E-state index contributed by atoms with van der Waals surface area (Å²) < 4.78 is 28.3. The number of unbranched alkanes of at least 4 members (excludes halogenated alkanes) is 33. The van der Waals surface area contributed by atoms with Gasteiger partial charge in [0.15, 0.2) is 24.6 Å². The second-order valence-corrected chi connectivity index (χ2v) is 19.9. The minimum Gasteiger partial charge on any atom is -0.479 e. The second-order valence-electron chi connectivity index (χ2n) is 19.9. The number of carbonyl (C=O) groups excluding carboxylic acids is 3. The number of hydrogen-bond donors (Lipinski definition) is 3. The van der Waals surface area contributed by atoms with Crippen LogP contribution in [0.2, 0.25) is 0 Å². The first-order valence-corrected chi connectivity index (χ1v) is 28.7. The third-order valence-electron chi connectivity index (χ3n) is 13.3. The minimum absolute atomic E-state index is 0.0676. The highest BCUT2D eigenvalue weighted by molar-refractivity contribution is 5.74. The molecule has 1 heterocycles. The van der Waals surface area contributed by atoms with E-state index >= 15 is 0 Å². The van der Waals surface area contributed by atoms with Crippen LogP contribution in [0.1, 0.15) is 278 Å². The van der Waals surface area contributed by atoms with Gasteiger partial charge in [0.1, 0.15) is 18.8 Å². The number of aliphatic hydroxyl groups is 2. The van der Waals surface area contributed by atoms with Gasteiger partial charge in [0.2, 0.25) is 0 Å². The molecule has 12 heteroatoms. The molecular formula is C57H104O12. The van der Waals surface area contributed by atoms with Gasteiger partial charge in [-0.3, -0.25) is 14.4 Å². The Balaban J connectivity index is 2.62. The average Bonchev–Trinajstić information content (AvgIpc) is 3.33. The number of carboxylic acids is 1. The first-order valence-electron chi connectivity index (χ1n) is 28.7. The summed E-state index contributed by atoms with van der Waals surface area (Å²) in [6.45, 7) is 5.96. The van der Waals surface area contributed by atoms with E-state index in [1.54, 1.807) is 0 Å². The molecule has 12 nitrogen and oxygen atoms in total. The summed E-state index contributed by atoms with van der Waals surface area (Å²) >= 11 is 0. The van der Waals surface area contributed by atoms with E-state index in [4.69, 9.17) is 23.7 Å². The summed E-state index contributed by atoms with van der Waals surface area (Å²) in [5.74, 6) is -3.09. The van der Waals surface area contributed by atoms with Crippen LogP contribution in [0, 0.1) is 0 Å². The van der Waals surface area contributed by atoms with E-state index in [1.807, 2.05) is 0 Å². The Kier molecular flexibility index (Phi) is 43.5. The zero-order valence-electron chi connectivity index (χ0n) is 44.3. The largest absolute Gasteiger partial charge is 0.479 e. The van der Waals surface area contributed by atoms with Crippen LogP contribution in [-0.2, 0) is 42.9 Å². The molecule has 1 saturated heterocycles. The minimum atomic E-state index is -1.89. The molecule has 0 aliphatic carbocycles. The Morgan fingerprint density at radius 2 is 0.826 bits per heavy atom. The Hall–Kier alpha value is -2.54. The Bertz CT molecular complexity index is 1260. The number of aliphatic hydroxyl groups excluding tert-OH is 2. The monoisotopic (exact) mass is 981 g/mol. The van der Waals surface area contributed by atoms with Gasteiger partial charge in [0, 0.05) is 19.3 Å². The highest BCUT2D eigenvalue weighted by Gasteiger charge is 2.50. The van der Waals surface area contributed by atoms with Crippen LogP contribution >= 0.6 is 0 Å². The van der Waals surface area contributed by atoms with Crippen molar-refractivity contribution in [1.29, 1.82) is 0 Å². The SMILES string of the molecule is CCCCCCCC/C=C\CCCCCCCCCCCC(=O)OCC(COC1OC(C(=O)O)C(O)C(O)C1OC(=O)CCCCCCCCCCCCC)OC(=O)CCCCCCCCCCC. The lowest BCUT2D eigenvalue weighted by atomic mass is 9.98. The van der Waals surface area contributed by atoms with Crippen LogP contribution in [-0.4, -0.2) is 89.2 Å². The Morgan fingerprint density at radius 3 is 1.23 bits per heavy atom. The molecule has 0 saturated carbocycles. The van der Waals surface area contributed by atoms with Gasteiger partial charge < -0.3 is 39.0 Å². The fourth-order valence-corrected chi connectivity index (χ4v) is 8.89. The molecule has 3 N–H and O–H groups in total. The maximum atomic E-state index is 13.0. The van der Waals surface area contributed by atoms with Gasteiger partial charge in [-0.2, -0.15) is 0 Å². The quantitative estimate of drug-likeness (QED) is 0.0228. The van der Waals surface area contributed by atoms with Gasteiger partial charge in [-0.05, 0) is 44.9 Å². The summed E-state index contributed by atoms with van der Waals surface area (Å²) in [5, 5.41) is 31.3. The van der Waals surface area contributed by atoms with Crippen molar-refractivity contribution in [3.05, 3.63) is 12.2 Å². The third kappa shape index (κ3) is 37.0. The lowest BCUT2D eigenvalue weighted by molar-refractivity contribution is -0.301. The van der Waals surface area contributed by atoms with Crippen molar-refractivity contribution in [3.8, 4) is 0 Å². The standard InChI is InChI=1S/C57H104O12/c1-4-7-10-13-16-19-21-22-23-24-25-26-27-28-30-32-34-37-40-43-49(58)65-46-48(67-50(59)44-41-38-35-31-18-15-12-9-6-3)47-66-57-55(53(62)52(61)54(69-57)56(63)64)68-51(60)45-42-39-36-33-29-20-17-14-11-8-5-2/h22-23,48,52-55,57,61-62H,4-21,24-47H2,1-3H3,(H,63,64)/b23-22-. The third-order valence-corrected chi connectivity index (χ3v) is 13.3. The van der Waals surface area contributed by atoms with Gasteiger partial charge in [-0.25, -0.2) is 4.79 Å². The summed E-state index contributed by atoms with van der Waals surface area (Å²) in [7, 11) is 0. The highest BCUT2D eigenvalue weighted by atomic mass is 16.7. The number of allylic oxidation sites excluding steroid dienone is 2. The molecule has 0 aromatic carbocycles. The van der Waals surface area contributed by atoms with Crippen molar-refractivity contribution in [3.63, 3.8) is 0 Å². The van der Waals surface area contributed by atoms with E-state index in [0.717, 1.165) is 64.2 Å². The van der Waals surface area contributed by atoms with Gasteiger partial charge in [0.05, 0.1) is 6.61 Å². The number of hydrogen-bond acceptors (Lipinski definition) is 11. The summed E-state index contributed by atoms with van der Waals surface area (Å²) in [4.78, 5) is 50.8. The normalized spacial score (nSPS) is 18.7. The summed E-state index contributed by atoms with van der Waals surface area (Å²) in [6, 6.07) is 0. The van der Waals surface area contributed by atoms with Crippen LogP contribution in [0.3, 0.4) is 0 Å². The van der Waals surface area contributed by atoms with Crippen LogP contribution in [0.25, 0.3) is 0 Å². The van der Waals surface area contributed by atoms with Crippen LogP contribution in [0.15, 0.2) is 12.2 Å². The van der Waals surface area contributed by atoms with Crippen molar-refractivity contribution in [2.75, 3.05) is 13.2 Å². The predicted octanol–water partition coefficient (Wildman–Crippen LogP) is 14.1. The number of ether oxygens (including phenoxy) is 5. The fraction of sp³-hybridized carbons (Fsp3) is 0.895. The van der Waals surface area contributed by atoms with Crippen molar-refractivity contribution >= 4 is 23.9 Å². The van der Waals surface area contributed by atoms with Gasteiger partial charge in [-0.1, -0.05) is 226 Å². The first kappa shape index (κ1) is 64.5. The van der Waals surface area contributed by atoms with E-state index in [1.165, 1.54) is 154 Å². The average molecular weight is 981 g/mol. The zero-order chi connectivity index (χ0) is 50.4. The second kappa shape index (κ2) is 46.5. The molecule has 6 atom stereocenters. The molecule has 1 rings (SSSR count). The number of rotatable bonds is 49. The molecule has 0 amide bonds. The molecule has 1 aliphatic heterocycles. The molecule has 0 spiro atoms. The maximum absolute atomic E-state index is 13.0. The van der Waals surface area contributed by atoms with Crippen molar-refractivity contribution in [2.45, 2.75) is 314 Å². The Labute approximate surface area is 420 Å². The fourth-order valence-electron chi connectivity index (χ4n) is 8.89. The number of carbonyl (C=O) groups is 4. The van der Waals surface area contributed by atoms with Crippen LogP contribution in [0.5, 0.6) is 0 Å². The van der Waals surface area contributed by atoms with E-state index in [9.17, 15) is 34.5 Å². The Morgan fingerprint density at radius 1 is 0.464 bits per heavy atom. The molecule has 0 bridgehead atoms. The smallest absolute Gasteiger partial charge is 0.335 e. The van der Waals surface area contributed by atoms with Crippen LogP contribution in [0.4, 0.5) is 0 Å². The van der Waals surface area contributed by atoms with Gasteiger partial charge >= 0.3 is 23.9 Å². The van der Waals surface area contributed by atoms with Gasteiger partial charge in [-0.15, -0.1) is 0 Å². The zero-order valence-corrected chi connectivity index (χ0v) is 44.3. The topological polar surface area (TPSA) is 175 Å². The molecule has 6 unspecified atom stereocenters. The van der Waals surface area contributed by atoms with Crippen LogP contribution < -0.4 is 0 Å². The van der Waals surface area contributed by atoms with Gasteiger partial charge in [0.25, 0.3) is 0 Å².